The molecule has 0 fully saturated rings. The molecule has 6 heteroatoms. The maximum Gasteiger partial charge on any atom is 0.148 e. The lowest BCUT2D eigenvalue weighted by Crippen LogP contribution is -2.25. The lowest BCUT2D eigenvalue weighted by atomic mass is 10.2. The van der Waals surface area contributed by atoms with E-state index in [4.69, 9.17) is 5.11 Å². The second kappa shape index (κ2) is 6.12. The first-order valence-corrected chi connectivity index (χ1v) is 5.25. The number of aliphatic hydroxyl groups excluding tert-OH is 2. The Kier molecular flexibility index (Phi) is 5.10. The summed E-state index contributed by atoms with van der Waals surface area (Å²) in [6, 6.07) is 1.25. The van der Waals surface area contributed by atoms with Gasteiger partial charge in [0, 0.05) is 23.8 Å². The van der Waals surface area contributed by atoms with Gasteiger partial charge < -0.3 is 15.5 Å². The molecule has 1 rings (SSSR count). The number of aliphatic hydroxyl groups is 2. The quantitative estimate of drug-likeness (QED) is 0.691. The topological polar surface area (TPSA) is 65.4 Å². The summed E-state index contributed by atoms with van der Waals surface area (Å²) in [4.78, 5) is 3.78. The van der Waals surface area contributed by atoms with Crippen molar-refractivity contribution in [2.24, 2.45) is 0 Å². The molecule has 0 aliphatic rings. The van der Waals surface area contributed by atoms with E-state index in [9.17, 15) is 9.50 Å². The first-order valence-electron chi connectivity index (χ1n) is 4.45. The van der Waals surface area contributed by atoms with Crippen molar-refractivity contribution in [1.82, 2.24) is 10.3 Å². The van der Waals surface area contributed by atoms with Gasteiger partial charge in [0.2, 0.25) is 0 Å². The maximum absolute atomic E-state index is 13.3. The van der Waals surface area contributed by atoms with Gasteiger partial charge in [-0.3, -0.25) is 4.98 Å². The Hall–Kier alpha value is -0.560. The van der Waals surface area contributed by atoms with Crippen LogP contribution in [0.1, 0.15) is 11.8 Å². The zero-order valence-electron chi connectivity index (χ0n) is 7.95. The summed E-state index contributed by atoms with van der Waals surface area (Å²) in [7, 11) is 0. The predicted octanol–water partition coefficient (Wildman–Crippen LogP) is 0.599. The third-order valence-electron chi connectivity index (χ3n) is 1.78. The number of rotatable bonds is 5. The van der Waals surface area contributed by atoms with Crippen molar-refractivity contribution in [1.29, 1.82) is 0 Å². The summed E-state index contributed by atoms with van der Waals surface area (Å²) in [6.45, 7) is 0.490. The van der Waals surface area contributed by atoms with E-state index in [-0.39, 0.29) is 18.8 Å². The normalized spacial score (nSPS) is 12.8. The van der Waals surface area contributed by atoms with Gasteiger partial charge in [-0.2, -0.15) is 0 Å². The Morgan fingerprint density at radius 3 is 2.93 bits per heavy atom. The standard InChI is InChI=1S/C9H12BrFN2O2/c10-6-3-7(11)9(13-4-6)8(15)5-12-1-2-14/h3-4,8,12,14-15H,1-2,5H2/t8-/m1/s1. The minimum atomic E-state index is -1.01. The molecular formula is C9H12BrFN2O2. The molecule has 0 amide bonds. The lowest BCUT2D eigenvalue weighted by molar-refractivity contribution is 0.161. The average molecular weight is 279 g/mol. The Morgan fingerprint density at radius 1 is 1.60 bits per heavy atom. The van der Waals surface area contributed by atoms with Crippen molar-refractivity contribution < 1.29 is 14.6 Å². The third-order valence-corrected chi connectivity index (χ3v) is 2.21. The molecule has 0 saturated carbocycles. The number of halogens is 2. The molecule has 1 aromatic rings. The molecule has 3 N–H and O–H groups in total. The highest BCUT2D eigenvalue weighted by Crippen LogP contribution is 2.17. The maximum atomic E-state index is 13.3. The first kappa shape index (κ1) is 12.5. The summed E-state index contributed by atoms with van der Waals surface area (Å²) in [5.74, 6) is -0.553. The molecular weight excluding hydrogens is 267 g/mol. The van der Waals surface area contributed by atoms with E-state index in [0.29, 0.717) is 11.0 Å². The molecule has 0 radical (unpaired) electrons. The van der Waals surface area contributed by atoms with Crippen LogP contribution in [0, 0.1) is 5.82 Å². The summed E-state index contributed by atoms with van der Waals surface area (Å²) < 4.78 is 13.8. The summed E-state index contributed by atoms with van der Waals surface area (Å²) in [6.07, 6.45) is 0.415. The van der Waals surface area contributed by atoms with Crippen molar-refractivity contribution in [2.45, 2.75) is 6.10 Å². The second-order valence-corrected chi connectivity index (χ2v) is 3.88. The van der Waals surface area contributed by atoms with E-state index in [1.807, 2.05) is 0 Å². The summed E-state index contributed by atoms with van der Waals surface area (Å²) in [5, 5.41) is 20.8. The molecule has 0 aromatic carbocycles. The zero-order chi connectivity index (χ0) is 11.3. The monoisotopic (exact) mass is 278 g/mol. The van der Waals surface area contributed by atoms with E-state index >= 15 is 0 Å². The van der Waals surface area contributed by atoms with Crippen LogP contribution in [-0.2, 0) is 0 Å². The molecule has 84 valence electrons. The molecule has 0 aliphatic heterocycles. The van der Waals surface area contributed by atoms with Gasteiger partial charge in [-0.1, -0.05) is 0 Å². The molecule has 15 heavy (non-hydrogen) atoms. The number of hydrogen-bond acceptors (Lipinski definition) is 4. The smallest absolute Gasteiger partial charge is 0.148 e. The second-order valence-electron chi connectivity index (χ2n) is 2.96. The minimum absolute atomic E-state index is 0.00337. The predicted molar refractivity (Wildman–Crippen MR) is 56.8 cm³/mol. The van der Waals surface area contributed by atoms with Gasteiger partial charge in [0.15, 0.2) is 0 Å². The van der Waals surface area contributed by atoms with Crippen LogP contribution in [0.2, 0.25) is 0 Å². The Labute approximate surface area is 95.3 Å². The fraction of sp³-hybridized carbons (Fsp3) is 0.444. The van der Waals surface area contributed by atoms with Crippen LogP contribution < -0.4 is 5.32 Å². The van der Waals surface area contributed by atoms with Crippen molar-refractivity contribution in [2.75, 3.05) is 19.7 Å². The van der Waals surface area contributed by atoms with Crippen molar-refractivity contribution in [3.63, 3.8) is 0 Å². The van der Waals surface area contributed by atoms with Gasteiger partial charge in [0.1, 0.15) is 17.6 Å². The molecule has 0 unspecified atom stereocenters. The van der Waals surface area contributed by atoms with Crippen LogP contribution in [0.5, 0.6) is 0 Å². The Morgan fingerprint density at radius 2 is 2.33 bits per heavy atom. The molecule has 0 aliphatic carbocycles. The summed E-state index contributed by atoms with van der Waals surface area (Å²) in [5.41, 5.74) is 0.00337. The Balaban J connectivity index is 2.61. The highest BCUT2D eigenvalue weighted by Gasteiger charge is 2.14. The number of aromatic nitrogens is 1. The molecule has 0 spiro atoms. The molecule has 0 bridgehead atoms. The van der Waals surface area contributed by atoms with E-state index in [2.05, 4.69) is 26.2 Å². The van der Waals surface area contributed by atoms with Crippen molar-refractivity contribution in [3.05, 3.63) is 28.2 Å². The van der Waals surface area contributed by atoms with E-state index < -0.39 is 11.9 Å². The molecule has 4 nitrogen and oxygen atoms in total. The third kappa shape index (κ3) is 3.83. The van der Waals surface area contributed by atoms with Gasteiger partial charge in [0.25, 0.3) is 0 Å². The fourth-order valence-electron chi connectivity index (χ4n) is 1.08. The van der Waals surface area contributed by atoms with Crippen LogP contribution in [0.15, 0.2) is 16.7 Å². The Bertz CT molecular complexity index is 325. The van der Waals surface area contributed by atoms with Gasteiger partial charge in [-0.25, -0.2) is 4.39 Å². The van der Waals surface area contributed by atoms with Gasteiger partial charge in [-0.05, 0) is 22.0 Å². The van der Waals surface area contributed by atoms with E-state index in [1.54, 1.807) is 0 Å². The van der Waals surface area contributed by atoms with Crippen LogP contribution in [0.4, 0.5) is 4.39 Å². The molecule has 0 saturated heterocycles. The van der Waals surface area contributed by atoms with Gasteiger partial charge in [-0.15, -0.1) is 0 Å². The number of nitrogens with zero attached hydrogens (tertiary/aromatic N) is 1. The molecule has 1 heterocycles. The lowest BCUT2D eigenvalue weighted by Gasteiger charge is -2.11. The first-order chi connectivity index (χ1) is 7.15. The average Bonchev–Trinajstić information content (AvgIpc) is 2.17. The molecule has 1 atom stereocenters. The van der Waals surface area contributed by atoms with Crippen LogP contribution in [0.3, 0.4) is 0 Å². The van der Waals surface area contributed by atoms with Gasteiger partial charge >= 0.3 is 0 Å². The highest BCUT2D eigenvalue weighted by molar-refractivity contribution is 9.10. The van der Waals surface area contributed by atoms with Crippen LogP contribution in [-0.4, -0.2) is 34.9 Å². The highest BCUT2D eigenvalue weighted by atomic mass is 79.9. The van der Waals surface area contributed by atoms with E-state index in [0.717, 1.165) is 0 Å². The zero-order valence-corrected chi connectivity index (χ0v) is 9.54. The van der Waals surface area contributed by atoms with Crippen LogP contribution in [0.25, 0.3) is 0 Å². The summed E-state index contributed by atoms with van der Waals surface area (Å²) >= 11 is 3.08. The van der Waals surface area contributed by atoms with Crippen LogP contribution >= 0.6 is 15.9 Å². The minimum Gasteiger partial charge on any atom is -0.395 e. The SMILES string of the molecule is OCCNC[C@@H](O)c1ncc(Br)cc1F. The number of nitrogens with one attached hydrogen (secondary N) is 1. The van der Waals surface area contributed by atoms with Gasteiger partial charge in [0.05, 0.1) is 6.61 Å². The van der Waals surface area contributed by atoms with Crippen molar-refractivity contribution >= 4 is 15.9 Å². The fourth-order valence-corrected chi connectivity index (χ4v) is 1.39. The number of pyridine rings is 1. The largest absolute Gasteiger partial charge is 0.395 e. The molecule has 1 aromatic heterocycles. The van der Waals surface area contributed by atoms with E-state index in [1.165, 1.54) is 12.3 Å². The number of hydrogen-bond donors (Lipinski definition) is 3. The van der Waals surface area contributed by atoms with Crippen molar-refractivity contribution in [3.8, 4) is 0 Å².